The minimum Gasteiger partial charge on any atom is -0.350 e. The lowest BCUT2D eigenvalue weighted by atomic mass is 10.1. The zero-order valence-corrected chi connectivity index (χ0v) is 16.8. The maximum absolute atomic E-state index is 13.3. The van der Waals surface area contributed by atoms with E-state index >= 15 is 0 Å². The number of halogens is 1. The molecule has 1 heterocycles. The molecule has 7 heteroatoms. The van der Waals surface area contributed by atoms with Crippen molar-refractivity contribution in [3.05, 3.63) is 88.6 Å². The number of amides is 1. The molecule has 4 aromatic rings. The zero-order chi connectivity index (χ0) is 21.4. The van der Waals surface area contributed by atoms with Crippen molar-refractivity contribution in [2.24, 2.45) is 0 Å². The second kappa shape index (κ2) is 7.83. The van der Waals surface area contributed by atoms with Gasteiger partial charge in [0.1, 0.15) is 5.82 Å². The average molecular weight is 416 g/mol. The highest BCUT2D eigenvalue weighted by Gasteiger charge is 2.30. The van der Waals surface area contributed by atoms with Crippen molar-refractivity contribution in [1.82, 2.24) is 19.7 Å². The van der Waals surface area contributed by atoms with Gasteiger partial charge in [-0.3, -0.25) is 9.36 Å². The van der Waals surface area contributed by atoms with Crippen LogP contribution in [-0.4, -0.2) is 26.8 Å². The highest BCUT2D eigenvalue weighted by molar-refractivity contribution is 5.98. The standard InChI is InChI=1S/C24H21FN4O2/c25-20-9-7-17(8-10-20)22-27-28(24(31)29(22)21-11-12-21)14-13-26-23(30)19-6-5-16-3-1-2-4-18(16)15-19/h1-10,15,21H,11-14H2,(H,26,30). The number of hydrogen-bond acceptors (Lipinski definition) is 3. The molecule has 0 saturated heterocycles. The Hall–Kier alpha value is -3.74. The molecule has 0 unspecified atom stereocenters. The first-order chi connectivity index (χ1) is 15.1. The molecule has 3 aromatic carbocycles. The molecule has 156 valence electrons. The van der Waals surface area contributed by atoms with Crippen LogP contribution in [0.2, 0.25) is 0 Å². The van der Waals surface area contributed by atoms with E-state index in [1.807, 2.05) is 36.4 Å². The van der Waals surface area contributed by atoms with Crippen molar-refractivity contribution in [2.75, 3.05) is 6.54 Å². The molecule has 0 atom stereocenters. The predicted octanol–water partition coefficient (Wildman–Crippen LogP) is 3.77. The van der Waals surface area contributed by atoms with Crippen LogP contribution in [-0.2, 0) is 6.54 Å². The lowest BCUT2D eigenvalue weighted by Gasteiger charge is -2.06. The van der Waals surface area contributed by atoms with E-state index in [1.54, 1.807) is 22.8 Å². The largest absolute Gasteiger partial charge is 0.350 e. The quantitative estimate of drug-likeness (QED) is 0.520. The fourth-order valence-corrected chi connectivity index (χ4v) is 3.73. The van der Waals surface area contributed by atoms with Crippen LogP contribution in [0, 0.1) is 5.82 Å². The summed E-state index contributed by atoms with van der Waals surface area (Å²) in [5.74, 6) is 0.00689. The highest BCUT2D eigenvalue weighted by atomic mass is 19.1. The van der Waals surface area contributed by atoms with E-state index in [2.05, 4.69) is 10.4 Å². The molecule has 31 heavy (non-hydrogen) atoms. The summed E-state index contributed by atoms with van der Waals surface area (Å²) in [5, 5.41) is 9.41. The van der Waals surface area contributed by atoms with Crippen LogP contribution in [0.15, 0.2) is 71.5 Å². The van der Waals surface area contributed by atoms with Gasteiger partial charge in [0.15, 0.2) is 5.82 Å². The minimum absolute atomic E-state index is 0.133. The Morgan fingerprint density at radius 2 is 1.77 bits per heavy atom. The summed E-state index contributed by atoms with van der Waals surface area (Å²) >= 11 is 0. The van der Waals surface area contributed by atoms with Crippen molar-refractivity contribution in [2.45, 2.75) is 25.4 Å². The fourth-order valence-electron chi connectivity index (χ4n) is 3.73. The zero-order valence-electron chi connectivity index (χ0n) is 16.8. The first-order valence-corrected chi connectivity index (χ1v) is 10.3. The normalized spacial score (nSPS) is 13.5. The molecule has 6 nitrogen and oxygen atoms in total. The Bertz CT molecular complexity index is 1320. The monoisotopic (exact) mass is 416 g/mol. The maximum atomic E-state index is 13.3. The van der Waals surface area contributed by atoms with Crippen molar-refractivity contribution in [1.29, 1.82) is 0 Å². The van der Waals surface area contributed by atoms with Crippen LogP contribution >= 0.6 is 0 Å². The molecule has 1 aromatic heterocycles. The Balaban J connectivity index is 1.32. The molecule has 5 rings (SSSR count). The van der Waals surface area contributed by atoms with Crippen LogP contribution in [0.1, 0.15) is 29.2 Å². The summed E-state index contributed by atoms with van der Waals surface area (Å²) in [6.07, 6.45) is 1.86. The summed E-state index contributed by atoms with van der Waals surface area (Å²) < 4.78 is 16.3. The van der Waals surface area contributed by atoms with Gasteiger partial charge in [-0.25, -0.2) is 13.9 Å². The Labute approximate surface area is 177 Å². The Morgan fingerprint density at radius 1 is 1.03 bits per heavy atom. The summed E-state index contributed by atoms with van der Waals surface area (Å²) in [6.45, 7) is 0.530. The first-order valence-electron chi connectivity index (χ1n) is 10.3. The van der Waals surface area contributed by atoms with Gasteiger partial charge in [-0.15, -0.1) is 5.10 Å². The average Bonchev–Trinajstić information content (AvgIpc) is 3.57. The number of benzene rings is 3. The number of nitrogens with one attached hydrogen (secondary N) is 1. The number of hydrogen-bond donors (Lipinski definition) is 1. The smallest absolute Gasteiger partial charge is 0.346 e. The van der Waals surface area contributed by atoms with Crippen LogP contribution in [0.25, 0.3) is 22.2 Å². The third-order valence-electron chi connectivity index (χ3n) is 5.51. The number of fused-ring (bicyclic) bond motifs is 1. The van der Waals surface area contributed by atoms with E-state index in [4.69, 9.17) is 0 Å². The maximum Gasteiger partial charge on any atom is 0.346 e. The van der Waals surface area contributed by atoms with Crippen molar-refractivity contribution in [3.63, 3.8) is 0 Å². The van der Waals surface area contributed by atoms with E-state index in [-0.39, 0.29) is 36.5 Å². The van der Waals surface area contributed by atoms with Crippen LogP contribution < -0.4 is 11.0 Å². The van der Waals surface area contributed by atoms with Crippen LogP contribution in [0.3, 0.4) is 0 Å². The van der Waals surface area contributed by atoms with Crippen molar-refractivity contribution in [3.8, 4) is 11.4 Å². The van der Waals surface area contributed by atoms with Crippen LogP contribution in [0.5, 0.6) is 0 Å². The van der Waals surface area contributed by atoms with Gasteiger partial charge in [0.25, 0.3) is 5.91 Å². The van der Waals surface area contributed by atoms with Crippen molar-refractivity contribution >= 4 is 16.7 Å². The molecule has 0 aliphatic heterocycles. The molecule has 0 radical (unpaired) electrons. The molecule has 1 fully saturated rings. The van der Waals surface area contributed by atoms with Gasteiger partial charge in [-0.1, -0.05) is 30.3 Å². The van der Waals surface area contributed by atoms with Gasteiger partial charge in [-0.2, -0.15) is 0 Å². The molecule has 0 bridgehead atoms. The van der Waals surface area contributed by atoms with E-state index in [1.165, 1.54) is 16.8 Å². The summed E-state index contributed by atoms with van der Waals surface area (Å²) in [7, 11) is 0. The number of carbonyl (C=O) groups is 1. The molecule has 1 aliphatic rings. The van der Waals surface area contributed by atoms with Gasteiger partial charge >= 0.3 is 5.69 Å². The van der Waals surface area contributed by atoms with Gasteiger partial charge in [-0.05, 0) is 60.0 Å². The van der Waals surface area contributed by atoms with E-state index in [9.17, 15) is 14.0 Å². The molecular weight excluding hydrogens is 395 g/mol. The van der Waals surface area contributed by atoms with Crippen molar-refractivity contribution < 1.29 is 9.18 Å². The summed E-state index contributed by atoms with van der Waals surface area (Å²) in [5.41, 5.74) is 1.06. The summed E-state index contributed by atoms with van der Waals surface area (Å²) in [6, 6.07) is 19.5. The number of carbonyl (C=O) groups excluding carboxylic acids is 1. The molecule has 1 aliphatic carbocycles. The highest BCUT2D eigenvalue weighted by Crippen LogP contribution is 2.36. The van der Waals surface area contributed by atoms with Gasteiger partial charge in [0, 0.05) is 23.7 Å². The topological polar surface area (TPSA) is 68.9 Å². The van der Waals surface area contributed by atoms with E-state index in [0.29, 0.717) is 17.0 Å². The molecule has 1 N–H and O–H groups in total. The van der Waals surface area contributed by atoms with Gasteiger partial charge < -0.3 is 5.32 Å². The first kappa shape index (κ1) is 19.2. The Morgan fingerprint density at radius 3 is 2.52 bits per heavy atom. The lowest BCUT2D eigenvalue weighted by Crippen LogP contribution is -2.32. The lowest BCUT2D eigenvalue weighted by molar-refractivity contribution is 0.0952. The predicted molar refractivity (Wildman–Crippen MR) is 116 cm³/mol. The van der Waals surface area contributed by atoms with Crippen LogP contribution in [0.4, 0.5) is 4.39 Å². The van der Waals surface area contributed by atoms with Gasteiger partial charge in [0.2, 0.25) is 0 Å². The second-order valence-electron chi connectivity index (χ2n) is 7.76. The second-order valence-corrected chi connectivity index (χ2v) is 7.76. The minimum atomic E-state index is -0.333. The number of aromatic nitrogens is 3. The molecular formula is C24H21FN4O2. The number of nitrogens with zero attached hydrogens (tertiary/aromatic N) is 3. The fraction of sp³-hybridized carbons (Fsp3) is 0.208. The third-order valence-corrected chi connectivity index (χ3v) is 5.51. The molecule has 1 saturated carbocycles. The Kier molecular flexibility index (Phi) is 4.86. The van der Waals surface area contributed by atoms with E-state index in [0.717, 1.165) is 23.6 Å². The molecule has 1 amide bonds. The van der Waals surface area contributed by atoms with Gasteiger partial charge in [0.05, 0.1) is 6.54 Å². The number of rotatable bonds is 6. The summed E-state index contributed by atoms with van der Waals surface area (Å²) in [4.78, 5) is 25.4. The third kappa shape index (κ3) is 3.86. The molecule has 0 spiro atoms. The van der Waals surface area contributed by atoms with E-state index < -0.39 is 0 Å². The SMILES string of the molecule is O=C(NCCn1nc(-c2ccc(F)cc2)n(C2CC2)c1=O)c1ccc2ccccc2c1.